The molecule has 5 nitrogen and oxygen atoms in total. The standard InChI is InChI=1S/C15H13Cl2N3O2S/c16-10-3-5-11(6-4-10)19-13(21)8-23-9-14(22)20-12-2-1-7-18-15(12)17/h1-7H,8-9H2,(H,19,21)(H,20,22). The van der Waals surface area contributed by atoms with Crippen LogP contribution in [0.15, 0.2) is 42.6 Å². The highest BCUT2D eigenvalue weighted by atomic mass is 35.5. The maximum absolute atomic E-state index is 11.8. The molecule has 8 heteroatoms. The minimum atomic E-state index is -0.246. The number of anilines is 2. The number of nitrogens with zero attached hydrogens (tertiary/aromatic N) is 1. The van der Waals surface area contributed by atoms with Gasteiger partial charge in [0.15, 0.2) is 5.15 Å². The van der Waals surface area contributed by atoms with Gasteiger partial charge < -0.3 is 10.6 Å². The summed E-state index contributed by atoms with van der Waals surface area (Å²) in [5.74, 6) is -0.135. The van der Waals surface area contributed by atoms with E-state index in [1.807, 2.05) is 0 Å². The third-order valence-corrected chi connectivity index (χ3v) is 4.11. The second-order valence-electron chi connectivity index (χ2n) is 4.44. The first-order chi connectivity index (χ1) is 11.0. The Balaban J connectivity index is 1.72. The van der Waals surface area contributed by atoms with Crippen LogP contribution in [0, 0.1) is 0 Å². The third-order valence-electron chi connectivity index (χ3n) is 2.63. The van der Waals surface area contributed by atoms with Crippen molar-refractivity contribution in [1.29, 1.82) is 0 Å². The van der Waals surface area contributed by atoms with Crippen LogP contribution in [0.2, 0.25) is 10.2 Å². The van der Waals surface area contributed by atoms with Gasteiger partial charge >= 0.3 is 0 Å². The molecule has 0 fully saturated rings. The van der Waals surface area contributed by atoms with Crippen LogP contribution in [0.25, 0.3) is 0 Å². The zero-order chi connectivity index (χ0) is 16.7. The number of hydrogen-bond acceptors (Lipinski definition) is 4. The minimum absolute atomic E-state index is 0.138. The average Bonchev–Trinajstić information content (AvgIpc) is 2.52. The second-order valence-corrected chi connectivity index (χ2v) is 6.22. The molecule has 2 rings (SSSR count). The summed E-state index contributed by atoms with van der Waals surface area (Å²) in [6.07, 6.45) is 1.54. The molecule has 2 aromatic rings. The fraction of sp³-hybridized carbons (Fsp3) is 0.133. The van der Waals surface area contributed by atoms with Gasteiger partial charge in [-0.05, 0) is 36.4 Å². The van der Waals surface area contributed by atoms with Crippen LogP contribution in [0.4, 0.5) is 11.4 Å². The number of carbonyl (C=O) groups is 2. The molecule has 0 unspecified atom stereocenters. The molecule has 0 bridgehead atoms. The van der Waals surface area contributed by atoms with E-state index in [1.54, 1.807) is 36.4 Å². The monoisotopic (exact) mass is 369 g/mol. The molecular weight excluding hydrogens is 357 g/mol. The Hall–Kier alpha value is -1.76. The normalized spacial score (nSPS) is 10.2. The number of rotatable bonds is 6. The molecule has 1 aromatic heterocycles. The fourth-order valence-electron chi connectivity index (χ4n) is 1.63. The zero-order valence-corrected chi connectivity index (χ0v) is 14.2. The van der Waals surface area contributed by atoms with Crippen molar-refractivity contribution in [3.05, 3.63) is 52.8 Å². The van der Waals surface area contributed by atoms with Crippen molar-refractivity contribution in [3.63, 3.8) is 0 Å². The molecule has 1 heterocycles. The van der Waals surface area contributed by atoms with Gasteiger partial charge in [-0.3, -0.25) is 9.59 Å². The van der Waals surface area contributed by atoms with Crippen LogP contribution < -0.4 is 10.6 Å². The highest BCUT2D eigenvalue weighted by Gasteiger charge is 2.08. The topological polar surface area (TPSA) is 71.1 Å². The van der Waals surface area contributed by atoms with Gasteiger partial charge in [0.2, 0.25) is 11.8 Å². The number of pyridine rings is 1. The van der Waals surface area contributed by atoms with Crippen LogP contribution in [0.3, 0.4) is 0 Å². The summed E-state index contributed by atoms with van der Waals surface area (Å²) in [5, 5.41) is 6.19. The van der Waals surface area contributed by atoms with Crippen molar-refractivity contribution >= 4 is 58.2 Å². The number of hydrogen-bond donors (Lipinski definition) is 2. The molecule has 0 atom stereocenters. The predicted molar refractivity (Wildman–Crippen MR) is 95.3 cm³/mol. The van der Waals surface area contributed by atoms with Gasteiger partial charge in [-0.1, -0.05) is 23.2 Å². The molecule has 120 valence electrons. The molecule has 0 saturated heterocycles. The average molecular weight is 370 g/mol. The van der Waals surface area contributed by atoms with E-state index in [0.717, 1.165) is 0 Å². The van der Waals surface area contributed by atoms with E-state index in [2.05, 4.69) is 15.6 Å². The number of halogens is 2. The van der Waals surface area contributed by atoms with E-state index in [1.165, 1.54) is 18.0 Å². The Kier molecular flexibility index (Phi) is 6.70. The zero-order valence-electron chi connectivity index (χ0n) is 11.9. The van der Waals surface area contributed by atoms with Gasteiger partial charge in [0, 0.05) is 16.9 Å². The minimum Gasteiger partial charge on any atom is -0.325 e. The summed E-state index contributed by atoms with van der Waals surface area (Å²) >= 11 is 12.8. The molecule has 0 spiro atoms. The van der Waals surface area contributed by atoms with Gasteiger partial charge in [-0.25, -0.2) is 4.98 Å². The number of thioether (sulfide) groups is 1. The molecule has 2 amide bonds. The van der Waals surface area contributed by atoms with Gasteiger partial charge in [0.05, 0.1) is 17.2 Å². The van der Waals surface area contributed by atoms with Gasteiger partial charge in [0.25, 0.3) is 0 Å². The predicted octanol–water partition coefficient (Wildman–Crippen LogP) is 3.70. The Morgan fingerprint density at radius 1 is 1.00 bits per heavy atom. The van der Waals surface area contributed by atoms with E-state index in [9.17, 15) is 9.59 Å². The summed E-state index contributed by atoms with van der Waals surface area (Å²) in [6.45, 7) is 0. The number of carbonyl (C=O) groups excluding carboxylic acids is 2. The molecule has 0 saturated carbocycles. The molecule has 0 aliphatic carbocycles. The lowest BCUT2D eigenvalue weighted by Crippen LogP contribution is -2.18. The number of amides is 2. The van der Waals surface area contributed by atoms with E-state index >= 15 is 0 Å². The highest BCUT2D eigenvalue weighted by Crippen LogP contribution is 2.18. The van der Waals surface area contributed by atoms with Crippen molar-refractivity contribution in [3.8, 4) is 0 Å². The summed E-state index contributed by atoms with van der Waals surface area (Å²) in [5.41, 5.74) is 1.11. The van der Waals surface area contributed by atoms with Crippen molar-refractivity contribution in [2.75, 3.05) is 22.1 Å². The molecule has 1 aromatic carbocycles. The maximum atomic E-state index is 11.8. The van der Waals surface area contributed by atoms with Crippen molar-refractivity contribution in [2.45, 2.75) is 0 Å². The number of benzene rings is 1. The van der Waals surface area contributed by atoms with Crippen molar-refractivity contribution in [1.82, 2.24) is 4.98 Å². The molecular formula is C15H13Cl2N3O2S. The first kappa shape index (κ1) is 17.6. The highest BCUT2D eigenvalue weighted by molar-refractivity contribution is 8.00. The molecule has 0 aliphatic heterocycles. The van der Waals surface area contributed by atoms with Gasteiger partial charge in [0.1, 0.15) is 0 Å². The van der Waals surface area contributed by atoms with Crippen molar-refractivity contribution in [2.24, 2.45) is 0 Å². The Morgan fingerprint density at radius 2 is 1.65 bits per heavy atom. The SMILES string of the molecule is O=C(CSCC(=O)Nc1cccnc1Cl)Nc1ccc(Cl)cc1. The Bertz CT molecular complexity index is 695. The lowest BCUT2D eigenvalue weighted by Gasteiger charge is -2.07. The molecule has 23 heavy (non-hydrogen) atoms. The summed E-state index contributed by atoms with van der Waals surface area (Å²) in [6, 6.07) is 10.1. The quantitative estimate of drug-likeness (QED) is 0.761. The van der Waals surface area contributed by atoms with Crippen LogP contribution >= 0.6 is 35.0 Å². The largest absolute Gasteiger partial charge is 0.325 e. The van der Waals surface area contributed by atoms with Crippen LogP contribution in [-0.2, 0) is 9.59 Å². The van der Waals surface area contributed by atoms with E-state index in [0.29, 0.717) is 16.4 Å². The fourth-order valence-corrected chi connectivity index (χ4v) is 2.54. The summed E-state index contributed by atoms with van der Waals surface area (Å²) in [7, 11) is 0. The lowest BCUT2D eigenvalue weighted by molar-refractivity contribution is -0.114. The van der Waals surface area contributed by atoms with Gasteiger partial charge in [-0.15, -0.1) is 11.8 Å². The summed E-state index contributed by atoms with van der Waals surface area (Å²) in [4.78, 5) is 27.4. The van der Waals surface area contributed by atoms with E-state index in [-0.39, 0.29) is 28.5 Å². The number of aromatic nitrogens is 1. The smallest absolute Gasteiger partial charge is 0.234 e. The second kappa shape index (κ2) is 8.76. The van der Waals surface area contributed by atoms with Crippen LogP contribution in [0.5, 0.6) is 0 Å². The van der Waals surface area contributed by atoms with E-state index < -0.39 is 0 Å². The number of nitrogens with one attached hydrogen (secondary N) is 2. The van der Waals surface area contributed by atoms with Gasteiger partial charge in [-0.2, -0.15) is 0 Å². The summed E-state index contributed by atoms with van der Waals surface area (Å²) < 4.78 is 0. The third kappa shape index (κ3) is 6.09. The lowest BCUT2D eigenvalue weighted by atomic mass is 10.3. The molecule has 0 radical (unpaired) electrons. The molecule has 0 aliphatic rings. The van der Waals surface area contributed by atoms with Crippen LogP contribution in [0.1, 0.15) is 0 Å². The first-order valence-corrected chi connectivity index (χ1v) is 8.49. The Labute approximate surface area is 147 Å². The molecule has 2 N–H and O–H groups in total. The maximum Gasteiger partial charge on any atom is 0.234 e. The van der Waals surface area contributed by atoms with Crippen LogP contribution in [-0.4, -0.2) is 28.3 Å². The first-order valence-electron chi connectivity index (χ1n) is 6.58. The van der Waals surface area contributed by atoms with E-state index in [4.69, 9.17) is 23.2 Å². The van der Waals surface area contributed by atoms with Crippen molar-refractivity contribution < 1.29 is 9.59 Å². The Morgan fingerprint density at radius 3 is 2.30 bits per heavy atom.